The van der Waals surface area contributed by atoms with Gasteiger partial charge in [0, 0.05) is 25.2 Å². The Hall–Kier alpha value is -3.23. The molecule has 2 heterocycles. The van der Waals surface area contributed by atoms with Crippen molar-refractivity contribution in [3.63, 3.8) is 0 Å². The van der Waals surface area contributed by atoms with Crippen LogP contribution >= 0.6 is 11.7 Å². The van der Waals surface area contributed by atoms with E-state index < -0.39 is 17.2 Å². The van der Waals surface area contributed by atoms with Crippen molar-refractivity contribution >= 4 is 23.5 Å². The first kappa shape index (κ1) is 27.4. The molecular weight excluding hydrogens is 494 g/mol. The van der Waals surface area contributed by atoms with Gasteiger partial charge in [-0.25, -0.2) is 4.79 Å². The molecule has 0 amide bonds. The fraction of sp³-hybridized carbons (Fsp3) is 0.591. The molecule has 1 fully saturated rings. The summed E-state index contributed by atoms with van der Waals surface area (Å²) in [5.74, 6) is 0.646. The zero-order chi connectivity index (χ0) is 26.0. The van der Waals surface area contributed by atoms with Gasteiger partial charge >= 0.3 is 5.97 Å². The molecule has 0 unspecified atom stereocenters. The molecule has 2 aromatic rings. The molecule has 0 aliphatic carbocycles. The molecule has 1 saturated heterocycles. The Morgan fingerprint density at radius 2 is 1.97 bits per heavy atom. The average molecular weight is 526 g/mol. The van der Waals surface area contributed by atoms with Crippen molar-refractivity contribution in [3.8, 4) is 11.6 Å². The Labute approximate surface area is 213 Å². The van der Waals surface area contributed by atoms with Crippen molar-refractivity contribution in [3.05, 3.63) is 39.9 Å². The quantitative estimate of drug-likeness (QED) is 0.176. The lowest BCUT2D eigenvalue weighted by atomic mass is 10.1. The molecule has 0 spiro atoms. The summed E-state index contributed by atoms with van der Waals surface area (Å²) in [4.78, 5) is 29.7. The van der Waals surface area contributed by atoms with Crippen LogP contribution in [-0.4, -0.2) is 84.1 Å². The molecule has 1 N–H and O–H groups in total. The fourth-order valence-corrected chi connectivity index (χ4v) is 3.72. The van der Waals surface area contributed by atoms with E-state index in [1.165, 1.54) is 0 Å². The molecule has 3 rings (SSSR count). The van der Waals surface area contributed by atoms with Crippen molar-refractivity contribution in [2.45, 2.75) is 32.4 Å². The number of anilines is 1. The molecule has 0 radical (unpaired) electrons. The van der Waals surface area contributed by atoms with Gasteiger partial charge in [-0.1, -0.05) is 12.1 Å². The lowest BCUT2D eigenvalue weighted by molar-refractivity contribution is -0.757. The standard InChI is InChI=1S/C22H31N5O8S/c1-22(2,3)23-14-16(15-33-20-19(24-36-25-20)26-8-10-31-11-9-26)35-21(28)17-6-4-5-7-18(17)32-12-13-34-27(29)30/h4-7,16,23H,8-15H2,1-3H3/t16-/m0/s1. The van der Waals surface area contributed by atoms with Gasteiger partial charge in [0.25, 0.3) is 11.0 Å². The van der Waals surface area contributed by atoms with E-state index in [0.717, 1.165) is 11.7 Å². The Bertz CT molecular complexity index is 993. The number of nitrogens with zero attached hydrogens (tertiary/aromatic N) is 4. The minimum absolute atomic E-state index is 0.0528. The summed E-state index contributed by atoms with van der Waals surface area (Å²) < 4.78 is 31.2. The molecule has 1 aromatic carbocycles. The molecule has 0 bridgehead atoms. The van der Waals surface area contributed by atoms with E-state index in [0.29, 0.717) is 44.5 Å². The molecule has 1 atom stereocenters. The largest absolute Gasteiger partial charge is 0.491 e. The molecule has 36 heavy (non-hydrogen) atoms. The van der Waals surface area contributed by atoms with Crippen molar-refractivity contribution in [1.29, 1.82) is 0 Å². The van der Waals surface area contributed by atoms with Gasteiger partial charge in [-0.05, 0) is 32.9 Å². The molecule has 1 aromatic heterocycles. The summed E-state index contributed by atoms with van der Waals surface area (Å²) >= 11 is 1.05. The van der Waals surface area contributed by atoms with Gasteiger partial charge in [0.15, 0.2) is 0 Å². The third-order valence-electron chi connectivity index (χ3n) is 4.94. The lowest BCUT2D eigenvalue weighted by Gasteiger charge is -2.27. The van der Waals surface area contributed by atoms with Crippen LogP contribution in [0, 0.1) is 10.1 Å². The van der Waals surface area contributed by atoms with Gasteiger partial charge < -0.3 is 34.0 Å². The number of rotatable bonds is 13. The maximum atomic E-state index is 13.0. The van der Waals surface area contributed by atoms with Gasteiger partial charge in [0.05, 0.1) is 24.9 Å². The summed E-state index contributed by atoms with van der Waals surface area (Å²) in [5.41, 5.74) is -0.0344. The molecule has 1 aliphatic heterocycles. The number of morpholine rings is 1. The smallest absolute Gasteiger partial charge is 0.342 e. The van der Waals surface area contributed by atoms with Crippen LogP contribution in [0.1, 0.15) is 31.1 Å². The summed E-state index contributed by atoms with van der Waals surface area (Å²) in [6.07, 6.45) is -0.651. The van der Waals surface area contributed by atoms with Crippen LogP contribution in [0.4, 0.5) is 5.82 Å². The third kappa shape index (κ3) is 8.77. The minimum atomic E-state index is -0.904. The van der Waals surface area contributed by atoms with Crippen molar-refractivity contribution in [2.24, 2.45) is 0 Å². The molecule has 0 saturated carbocycles. The van der Waals surface area contributed by atoms with Crippen LogP contribution in [0.25, 0.3) is 0 Å². The maximum absolute atomic E-state index is 13.0. The number of hydrogen-bond donors (Lipinski definition) is 1. The number of ether oxygens (including phenoxy) is 4. The summed E-state index contributed by atoms with van der Waals surface area (Å²) in [6, 6.07) is 6.50. The van der Waals surface area contributed by atoms with E-state index in [1.54, 1.807) is 24.3 Å². The minimum Gasteiger partial charge on any atom is -0.491 e. The Morgan fingerprint density at radius 3 is 2.69 bits per heavy atom. The van der Waals surface area contributed by atoms with E-state index in [4.69, 9.17) is 18.9 Å². The Kier molecular flexibility index (Phi) is 10.0. The maximum Gasteiger partial charge on any atom is 0.342 e. The predicted molar refractivity (Wildman–Crippen MR) is 130 cm³/mol. The van der Waals surface area contributed by atoms with Crippen LogP contribution in [-0.2, 0) is 14.3 Å². The number of carbonyl (C=O) groups is 1. The Morgan fingerprint density at radius 1 is 1.22 bits per heavy atom. The summed E-state index contributed by atoms with van der Waals surface area (Å²) in [6.45, 7) is 8.61. The van der Waals surface area contributed by atoms with Gasteiger partial charge in [0.1, 0.15) is 37.2 Å². The lowest BCUT2D eigenvalue weighted by Crippen LogP contribution is -2.44. The highest BCUT2D eigenvalue weighted by molar-refractivity contribution is 6.99. The van der Waals surface area contributed by atoms with Gasteiger partial charge in [-0.15, -0.1) is 14.5 Å². The third-order valence-corrected chi connectivity index (χ3v) is 5.44. The summed E-state index contributed by atoms with van der Waals surface area (Å²) in [7, 11) is 0. The second-order valence-corrected chi connectivity index (χ2v) is 9.39. The highest BCUT2D eigenvalue weighted by Crippen LogP contribution is 2.27. The van der Waals surface area contributed by atoms with Crippen LogP contribution in [0.2, 0.25) is 0 Å². The van der Waals surface area contributed by atoms with Gasteiger partial charge in [0.2, 0.25) is 5.82 Å². The van der Waals surface area contributed by atoms with Crippen LogP contribution < -0.4 is 19.7 Å². The molecule has 14 heteroatoms. The van der Waals surface area contributed by atoms with Gasteiger partial charge in [-0.3, -0.25) is 0 Å². The van der Waals surface area contributed by atoms with Gasteiger partial charge in [-0.2, -0.15) is 4.37 Å². The topological polar surface area (TPSA) is 147 Å². The van der Waals surface area contributed by atoms with Crippen LogP contribution in [0.3, 0.4) is 0 Å². The van der Waals surface area contributed by atoms with Crippen molar-refractivity contribution in [1.82, 2.24) is 14.1 Å². The molecule has 198 valence electrons. The number of carbonyl (C=O) groups excluding carboxylic acids is 1. The number of benzene rings is 1. The zero-order valence-corrected chi connectivity index (χ0v) is 21.3. The second kappa shape index (κ2) is 13.2. The SMILES string of the molecule is CC(C)(C)NC[C@@H](COc1nsnc1N1CCOCC1)OC(=O)c1ccccc1OCCO[N+](=O)[O-]. The normalized spacial score (nSPS) is 14.7. The van der Waals surface area contributed by atoms with E-state index in [1.807, 2.05) is 25.7 Å². The molecule has 1 aliphatic rings. The molecular formula is C22H31N5O8S. The van der Waals surface area contributed by atoms with E-state index in [9.17, 15) is 14.9 Å². The van der Waals surface area contributed by atoms with Crippen molar-refractivity contribution < 1.29 is 33.7 Å². The number of hydrogen-bond acceptors (Lipinski definition) is 13. The fourth-order valence-electron chi connectivity index (χ4n) is 3.20. The van der Waals surface area contributed by atoms with Crippen LogP contribution in [0.15, 0.2) is 24.3 Å². The van der Waals surface area contributed by atoms with E-state index in [2.05, 4.69) is 18.9 Å². The number of nitrogens with one attached hydrogen (secondary N) is 1. The highest BCUT2D eigenvalue weighted by Gasteiger charge is 2.25. The number of aromatic nitrogens is 2. The first-order valence-electron chi connectivity index (χ1n) is 11.5. The van der Waals surface area contributed by atoms with Crippen molar-refractivity contribution in [2.75, 3.05) is 57.6 Å². The first-order chi connectivity index (χ1) is 17.2. The Balaban J connectivity index is 1.65. The average Bonchev–Trinajstić information content (AvgIpc) is 3.32. The first-order valence-corrected chi connectivity index (χ1v) is 12.2. The zero-order valence-electron chi connectivity index (χ0n) is 20.5. The summed E-state index contributed by atoms with van der Waals surface area (Å²) in [5, 5.41) is 12.7. The molecule has 13 nitrogen and oxygen atoms in total. The van der Waals surface area contributed by atoms with E-state index >= 15 is 0 Å². The predicted octanol–water partition coefficient (Wildman–Crippen LogP) is 1.95. The number of esters is 1. The van der Waals surface area contributed by atoms with Crippen LogP contribution in [0.5, 0.6) is 11.6 Å². The number of para-hydroxylation sites is 1. The second-order valence-electron chi connectivity index (χ2n) is 8.86. The monoisotopic (exact) mass is 525 g/mol. The highest BCUT2D eigenvalue weighted by atomic mass is 32.1. The van der Waals surface area contributed by atoms with E-state index in [-0.39, 0.29) is 36.7 Å².